The Morgan fingerprint density at radius 2 is 1.97 bits per heavy atom. The molecule has 0 saturated heterocycles. The summed E-state index contributed by atoms with van der Waals surface area (Å²) in [5.41, 5.74) is 9.49. The number of fused-ring (bicyclic) bond motifs is 3. The van der Waals surface area contributed by atoms with E-state index in [1.54, 1.807) is 7.05 Å². The second-order valence-electron chi connectivity index (χ2n) is 7.21. The number of likely N-dealkylation sites (N-methyl/N-ethyl adjacent to an activating group) is 1. The number of carbonyl (C=O) groups is 1. The molecule has 0 aliphatic carbocycles. The van der Waals surface area contributed by atoms with Gasteiger partial charge in [-0.3, -0.25) is 10.7 Å². The summed E-state index contributed by atoms with van der Waals surface area (Å²) in [5.74, 6) is -3.18. The highest BCUT2D eigenvalue weighted by Crippen LogP contribution is 2.42. The van der Waals surface area contributed by atoms with Gasteiger partial charge in [0.2, 0.25) is 0 Å². The van der Waals surface area contributed by atoms with Crippen LogP contribution in [0.1, 0.15) is 13.8 Å². The highest BCUT2D eigenvalue weighted by Gasteiger charge is 2.42. The van der Waals surface area contributed by atoms with Crippen LogP contribution in [0.2, 0.25) is 0 Å². The predicted molar refractivity (Wildman–Crippen MR) is 103 cm³/mol. The second-order valence-corrected chi connectivity index (χ2v) is 7.21. The average Bonchev–Trinajstić information content (AvgIpc) is 2.85. The molecule has 0 spiro atoms. The Hall–Kier alpha value is -2.63. The number of nitrogens with two attached hydrogens (primary N) is 1. The van der Waals surface area contributed by atoms with Gasteiger partial charge < -0.3 is 20.5 Å². The van der Waals surface area contributed by atoms with Gasteiger partial charge in [-0.25, -0.2) is 4.79 Å². The lowest BCUT2D eigenvalue weighted by Crippen LogP contribution is -2.64. The minimum absolute atomic E-state index is 0.280. The van der Waals surface area contributed by atoms with Crippen LogP contribution in [0.25, 0.3) is 10.9 Å². The van der Waals surface area contributed by atoms with Crippen molar-refractivity contribution in [3.63, 3.8) is 0 Å². The van der Waals surface area contributed by atoms with Gasteiger partial charge in [0.25, 0.3) is 0 Å². The molecule has 29 heavy (non-hydrogen) atoms. The number of pyridine rings is 1. The summed E-state index contributed by atoms with van der Waals surface area (Å²) in [6, 6.07) is 8.04. The molecule has 0 amide bonds. The molecule has 0 radical (unpaired) electrons. The Morgan fingerprint density at radius 3 is 2.48 bits per heavy atom. The molecule has 0 bridgehead atoms. The number of hydrogen-bond donors (Lipinski definition) is 4. The SMILES string of the molecule is CC(C)CN1c2c(cnc3ccccc23)NC1(N)CN(C)O.O=C(O)C(F)(F)F. The third kappa shape index (κ3) is 5.25. The normalized spacial score (nSPS) is 18.5. The van der Waals surface area contributed by atoms with E-state index in [4.69, 9.17) is 15.6 Å². The first-order valence-corrected chi connectivity index (χ1v) is 8.77. The number of rotatable bonds is 4. The lowest BCUT2D eigenvalue weighted by Gasteiger charge is -2.39. The number of hydrogen-bond acceptors (Lipinski definition) is 7. The molecule has 1 aromatic heterocycles. The quantitative estimate of drug-likeness (QED) is 0.564. The number of nitrogens with zero attached hydrogens (tertiary/aromatic N) is 3. The number of anilines is 2. The van der Waals surface area contributed by atoms with Crippen molar-refractivity contribution >= 4 is 28.2 Å². The summed E-state index contributed by atoms with van der Waals surface area (Å²) in [4.78, 5) is 15.5. The summed E-state index contributed by atoms with van der Waals surface area (Å²) in [6.45, 7) is 5.38. The van der Waals surface area contributed by atoms with E-state index in [0.717, 1.165) is 33.9 Å². The average molecular weight is 415 g/mol. The Kier molecular flexibility index (Phi) is 6.56. The fourth-order valence-corrected chi connectivity index (χ4v) is 3.10. The van der Waals surface area contributed by atoms with Crippen LogP contribution < -0.4 is 16.0 Å². The van der Waals surface area contributed by atoms with Crippen molar-refractivity contribution < 1.29 is 28.3 Å². The molecule has 2 heterocycles. The van der Waals surface area contributed by atoms with E-state index in [0.29, 0.717) is 5.92 Å². The van der Waals surface area contributed by atoms with Crippen molar-refractivity contribution in [3.05, 3.63) is 30.5 Å². The molecule has 160 valence electrons. The minimum Gasteiger partial charge on any atom is -0.475 e. The second kappa shape index (κ2) is 8.39. The largest absolute Gasteiger partial charge is 0.490 e. The fraction of sp³-hybridized carbons (Fsp3) is 0.444. The van der Waals surface area contributed by atoms with Crippen LogP contribution >= 0.6 is 0 Å². The Morgan fingerprint density at radius 1 is 1.38 bits per heavy atom. The van der Waals surface area contributed by atoms with Crippen molar-refractivity contribution in [3.8, 4) is 0 Å². The molecule has 1 aliphatic rings. The zero-order valence-electron chi connectivity index (χ0n) is 16.2. The van der Waals surface area contributed by atoms with Gasteiger partial charge in [0.15, 0.2) is 5.79 Å². The zero-order valence-corrected chi connectivity index (χ0v) is 16.2. The molecule has 1 unspecified atom stereocenters. The summed E-state index contributed by atoms with van der Waals surface area (Å²) in [7, 11) is 1.60. The van der Waals surface area contributed by atoms with Crippen LogP contribution in [-0.4, -0.2) is 58.4 Å². The molecule has 1 aromatic carbocycles. The van der Waals surface area contributed by atoms with Crippen molar-refractivity contribution in [1.29, 1.82) is 0 Å². The van der Waals surface area contributed by atoms with Gasteiger partial charge in [0.05, 0.1) is 29.6 Å². The lowest BCUT2D eigenvalue weighted by atomic mass is 10.1. The van der Waals surface area contributed by atoms with E-state index >= 15 is 0 Å². The van der Waals surface area contributed by atoms with Crippen LogP contribution in [0.3, 0.4) is 0 Å². The third-order valence-electron chi connectivity index (χ3n) is 4.11. The highest BCUT2D eigenvalue weighted by molar-refractivity contribution is 6.00. The smallest absolute Gasteiger partial charge is 0.475 e. The van der Waals surface area contributed by atoms with Gasteiger partial charge in [-0.1, -0.05) is 32.0 Å². The maximum atomic E-state index is 10.6. The molecule has 5 N–H and O–H groups in total. The number of carboxylic acids is 1. The van der Waals surface area contributed by atoms with E-state index < -0.39 is 17.9 Å². The molecular weight excluding hydrogens is 391 g/mol. The number of para-hydroxylation sites is 1. The van der Waals surface area contributed by atoms with Gasteiger partial charge >= 0.3 is 12.1 Å². The molecule has 3 rings (SSSR count). The molecule has 11 heteroatoms. The topological polar surface area (TPSA) is 115 Å². The standard InChI is InChI=1S/C16H23N5O.C2HF3O2/c1-11(2)9-21-15-12-6-4-5-7-13(12)18-8-14(15)19-16(21,17)10-20(3)22;3-2(4,5)1(6)7/h4-8,11,19,22H,9-10,17H2,1-3H3;(H,6,7). The molecule has 8 nitrogen and oxygen atoms in total. The Bertz CT molecular complexity index is 875. The minimum atomic E-state index is -5.08. The summed E-state index contributed by atoms with van der Waals surface area (Å²) < 4.78 is 31.7. The number of halogens is 3. The maximum absolute atomic E-state index is 10.6. The first-order chi connectivity index (χ1) is 13.3. The number of aromatic nitrogens is 1. The van der Waals surface area contributed by atoms with Gasteiger partial charge in [-0.2, -0.15) is 18.2 Å². The van der Waals surface area contributed by atoms with Gasteiger partial charge in [0.1, 0.15) is 0 Å². The van der Waals surface area contributed by atoms with Crippen LogP contribution in [0.4, 0.5) is 24.5 Å². The molecule has 0 saturated carbocycles. The molecule has 0 fully saturated rings. The van der Waals surface area contributed by atoms with Crippen molar-refractivity contribution in [2.24, 2.45) is 11.7 Å². The van der Waals surface area contributed by atoms with Crippen LogP contribution in [0, 0.1) is 5.92 Å². The summed E-state index contributed by atoms with van der Waals surface area (Å²) in [5, 5.41) is 22.3. The number of hydroxylamine groups is 2. The highest BCUT2D eigenvalue weighted by atomic mass is 19.4. The Labute approximate surface area is 165 Å². The molecule has 2 aromatic rings. The third-order valence-corrected chi connectivity index (χ3v) is 4.11. The summed E-state index contributed by atoms with van der Waals surface area (Å²) >= 11 is 0. The van der Waals surface area contributed by atoms with Gasteiger partial charge in [-0.05, 0) is 12.0 Å². The Balaban J connectivity index is 0.000000370. The van der Waals surface area contributed by atoms with Gasteiger partial charge in [-0.15, -0.1) is 0 Å². The van der Waals surface area contributed by atoms with Crippen LogP contribution in [0.5, 0.6) is 0 Å². The number of benzene rings is 1. The first-order valence-electron chi connectivity index (χ1n) is 8.77. The molecule has 1 atom stereocenters. The van der Waals surface area contributed by atoms with E-state index in [9.17, 15) is 18.4 Å². The van der Waals surface area contributed by atoms with Crippen molar-refractivity contribution in [1.82, 2.24) is 10.0 Å². The first kappa shape index (κ1) is 22.7. The van der Waals surface area contributed by atoms with Crippen molar-refractivity contribution in [2.75, 3.05) is 30.4 Å². The number of aliphatic carboxylic acids is 1. The predicted octanol–water partition coefficient (Wildman–Crippen LogP) is 2.69. The van der Waals surface area contributed by atoms with Crippen LogP contribution in [0.15, 0.2) is 30.5 Å². The molecular formula is C18H24F3N5O3. The number of nitrogens with one attached hydrogen (secondary N) is 1. The molecule has 1 aliphatic heterocycles. The van der Waals surface area contributed by atoms with Gasteiger partial charge in [0, 0.05) is 19.0 Å². The van der Waals surface area contributed by atoms with Crippen molar-refractivity contribution in [2.45, 2.75) is 25.8 Å². The van der Waals surface area contributed by atoms with E-state index in [1.165, 1.54) is 0 Å². The fourth-order valence-electron chi connectivity index (χ4n) is 3.10. The number of alkyl halides is 3. The maximum Gasteiger partial charge on any atom is 0.490 e. The number of carboxylic acid groups (broad SMARTS) is 1. The lowest BCUT2D eigenvalue weighted by molar-refractivity contribution is -0.192. The van der Waals surface area contributed by atoms with Crippen LogP contribution in [-0.2, 0) is 4.79 Å². The van der Waals surface area contributed by atoms with E-state index in [1.807, 2.05) is 24.4 Å². The van der Waals surface area contributed by atoms with E-state index in [2.05, 4.69) is 35.1 Å². The monoisotopic (exact) mass is 415 g/mol. The van der Waals surface area contributed by atoms with E-state index in [-0.39, 0.29) is 6.54 Å². The summed E-state index contributed by atoms with van der Waals surface area (Å²) in [6.07, 6.45) is -3.27. The zero-order chi connectivity index (χ0) is 22.0.